The Balaban J connectivity index is 1.72. The molecular weight excluding hydrogens is 296 g/mol. The first-order chi connectivity index (χ1) is 11.1. The number of morpholine rings is 1. The maximum atomic E-state index is 11.9. The average Bonchev–Trinajstić information content (AvgIpc) is 2.58. The summed E-state index contributed by atoms with van der Waals surface area (Å²) in [5.41, 5.74) is 0.538. The third-order valence-electron chi connectivity index (χ3n) is 3.65. The van der Waals surface area contributed by atoms with Crippen molar-refractivity contribution >= 4 is 5.91 Å². The molecule has 0 bridgehead atoms. The molecule has 1 atom stereocenters. The SMILES string of the molecule is C[C@H](O)CNC(=O)c1cccc(OCCCN2CCOCC2)c1. The third-order valence-corrected chi connectivity index (χ3v) is 3.65. The van der Waals surface area contributed by atoms with E-state index in [1.807, 2.05) is 6.07 Å². The van der Waals surface area contributed by atoms with Crippen LogP contribution in [-0.4, -0.2) is 68.0 Å². The first-order valence-electron chi connectivity index (χ1n) is 8.14. The summed E-state index contributed by atoms with van der Waals surface area (Å²) in [5.74, 6) is 0.487. The van der Waals surface area contributed by atoms with Gasteiger partial charge >= 0.3 is 0 Å². The standard InChI is InChI=1S/C17H26N2O4/c1-14(20)13-18-17(21)15-4-2-5-16(12-15)23-9-3-6-19-7-10-22-11-8-19/h2,4-5,12,14,20H,3,6-11,13H2,1H3,(H,18,21)/t14-/m0/s1. The van der Waals surface area contributed by atoms with Crippen LogP contribution in [0, 0.1) is 0 Å². The highest BCUT2D eigenvalue weighted by Crippen LogP contribution is 2.13. The predicted molar refractivity (Wildman–Crippen MR) is 87.8 cm³/mol. The van der Waals surface area contributed by atoms with E-state index >= 15 is 0 Å². The molecule has 1 fully saturated rings. The van der Waals surface area contributed by atoms with Gasteiger partial charge in [0.05, 0.1) is 25.9 Å². The van der Waals surface area contributed by atoms with Crippen LogP contribution in [0.4, 0.5) is 0 Å². The minimum absolute atomic E-state index is 0.204. The van der Waals surface area contributed by atoms with Gasteiger partial charge in [0.2, 0.25) is 0 Å². The smallest absolute Gasteiger partial charge is 0.251 e. The molecule has 2 N–H and O–H groups in total. The highest BCUT2D eigenvalue weighted by Gasteiger charge is 2.10. The van der Waals surface area contributed by atoms with Gasteiger partial charge in [-0.25, -0.2) is 0 Å². The first kappa shape index (κ1) is 17.7. The van der Waals surface area contributed by atoms with Crippen molar-refractivity contribution in [2.45, 2.75) is 19.4 Å². The van der Waals surface area contributed by atoms with E-state index in [0.717, 1.165) is 39.3 Å². The molecule has 1 heterocycles. The Morgan fingerprint density at radius 1 is 1.43 bits per heavy atom. The maximum Gasteiger partial charge on any atom is 0.251 e. The van der Waals surface area contributed by atoms with Crippen molar-refractivity contribution in [3.05, 3.63) is 29.8 Å². The fourth-order valence-electron chi connectivity index (χ4n) is 2.37. The second kappa shape index (κ2) is 9.50. The Morgan fingerprint density at radius 3 is 2.96 bits per heavy atom. The molecule has 0 aromatic heterocycles. The molecule has 6 nitrogen and oxygen atoms in total. The van der Waals surface area contributed by atoms with Crippen LogP contribution in [-0.2, 0) is 4.74 Å². The molecule has 1 aromatic rings. The maximum absolute atomic E-state index is 11.9. The minimum Gasteiger partial charge on any atom is -0.494 e. The number of nitrogens with zero attached hydrogens (tertiary/aromatic N) is 1. The Morgan fingerprint density at radius 2 is 2.22 bits per heavy atom. The van der Waals surface area contributed by atoms with Crippen molar-refractivity contribution in [1.82, 2.24) is 10.2 Å². The lowest BCUT2D eigenvalue weighted by Gasteiger charge is -2.26. The van der Waals surface area contributed by atoms with Crippen molar-refractivity contribution in [2.75, 3.05) is 46.0 Å². The van der Waals surface area contributed by atoms with Crippen LogP contribution < -0.4 is 10.1 Å². The van der Waals surface area contributed by atoms with Gasteiger partial charge in [0.25, 0.3) is 5.91 Å². The fourth-order valence-corrected chi connectivity index (χ4v) is 2.37. The van der Waals surface area contributed by atoms with Gasteiger partial charge in [-0.2, -0.15) is 0 Å². The second-order valence-corrected chi connectivity index (χ2v) is 5.74. The van der Waals surface area contributed by atoms with Crippen molar-refractivity contribution in [3.63, 3.8) is 0 Å². The van der Waals surface area contributed by atoms with Crippen LogP contribution in [0.3, 0.4) is 0 Å². The van der Waals surface area contributed by atoms with Gasteiger partial charge < -0.3 is 19.9 Å². The number of rotatable bonds is 8. The number of aliphatic hydroxyl groups is 1. The van der Waals surface area contributed by atoms with Gasteiger partial charge in [-0.1, -0.05) is 6.07 Å². The van der Waals surface area contributed by atoms with Crippen molar-refractivity contribution in [2.24, 2.45) is 0 Å². The molecule has 1 amide bonds. The van der Waals surface area contributed by atoms with E-state index in [4.69, 9.17) is 9.47 Å². The number of carbonyl (C=O) groups excluding carboxylic acids is 1. The lowest BCUT2D eigenvalue weighted by Crippen LogP contribution is -2.37. The lowest BCUT2D eigenvalue weighted by atomic mass is 10.2. The predicted octanol–water partition coefficient (Wildman–Crippen LogP) is 0.898. The highest BCUT2D eigenvalue weighted by molar-refractivity contribution is 5.94. The number of nitrogens with one attached hydrogen (secondary N) is 1. The summed E-state index contributed by atoms with van der Waals surface area (Å²) in [7, 11) is 0. The highest BCUT2D eigenvalue weighted by atomic mass is 16.5. The molecule has 0 spiro atoms. The summed E-state index contributed by atoms with van der Waals surface area (Å²) in [4.78, 5) is 14.3. The van der Waals surface area contributed by atoms with Crippen molar-refractivity contribution < 1.29 is 19.4 Å². The molecular formula is C17H26N2O4. The summed E-state index contributed by atoms with van der Waals surface area (Å²) >= 11 is 0. The Labute approximate surface area is 137 Å². The number of hydrogen-bond donors (Lipinski definition) is 2. The summed E-state index contributed by atoms with van der Waals surface area (Å²) in [5, 5.41) is 11.9. The quantitative estimate of drug-likeness (QED) is 0.696. The molecule has 1 aliphatic rings. The van der Waals surface area contributed by atoms with Gasteiger partial charge in [0.1, 0.15) is 5.75 Å². The van der Waals surface area contributed by atoms with Crippen LogP contribution in [0.2, 0.25) is 0 Å². The van der Waals surface area contributed by atoms with Gasteiger partial charge in [0.15, 0.2) is 0 Å². The lowest BCUT2D eigenvalue weighted by molar-refractivity contribution is 0.0358. The van der Waals surface area contributed by atoms with Gasteiger partial charge in [-0.15, -0.1) is 0 Å². The van der Waals surface area contributed by atoms with E-state index < -0.39 is 6.10 Å². The average molecular weight is 322 g/mol. The number of carbonyl (C=O) groups is 1. The zero-order valence-electron chi connectivity index (χ0n) is 13.7. The van der Waals surface area contributed by atoms with E-state index in [1.165, 1.54) is 0 Å². The van der Waals surface area contributed by atoms with E-state index in [2.05, 4.69) is 10.2 Å². The zero-order chi connectivity index (χ0) is 16.5. The third kappa shape index (κ3) is 6.56. The number of benzene rings is 1. The van der Waals surface area contributed by atoms with Gasteiger partial charge in [0, 0.05) is 31.7 Å². The first-order valence-corrected chi connectivity index (χ1v) is 8.14. The molecule has 6 heteroatoms. The minimum atomic E-state index is -0.557. The molecule has 0 radical (unpaired) electrons. The summed E-state index contributed by atoms with van der Waals surface area (Å²) in [6, 6.07) is 7.11. The summed E-state index contributed by atoms with van der Waals surface area (Å²) in [6.07, 6.45) is 0.386. The van der Waals surface area contributed by atoms with Crippen LogP contribution in [0.5, 0.6) is 5.75 Å². The molecule has 0 saturated carbocycles. The van der Waals surface area contributed by atoms with Crippen LogP contribution in [0.15, 0.2) is 24.3 Å². The Bertz CT molecular complexity index is 487. The Hall–Kier alpha value is -1.63. The van der Waals surface area contributed by atoms with E-state index in [9.17, 15) is 9.90 Å². The zero-order valence-corrected chi connectivity index (χ0v) is 13.7. The molecule has 0 aliphatic carbocycles. The number of hydrogen-bond acceptors (Lipinski definition) is 5. The van der Waals surface area contributed by atoms with Crippen LogP contribution in [0.1, 0.15) is 23.7 Å². The number of ether oxygens (including phenoxy) is 2. The second-order valence-electron chi connectivity index (χ2n) is 5.74. The molecule has 0 unspecified atom stereocenters. The summed E-state index contributed by atoms with van der Waals surface area (Å²) < 4.78 is 11.0. The Kier molecular flexibility index (Phi) is 7.32. The monoisotopic (exact) mass is 322 g/mol. The van der Waals surface area contributed by atoms with Crippen LogP contribution in [0.25, 0.3) is 0 Å². The molecule has 1 aliphatic heterocycles. The van der Waals surface area contributed by atoms with E-state index in [0.29, 0.717) is 17.9 Å². The van der Waals surface area contributed by atoms with Crippen molar-refractivity contribution in [3.8, 4) is 5.75 Å². The van der Waals surface area contributed by atoms with Crippen LogP contribution >= 0.6 is 0 Å². The van der Waals surface area contributed by atoms with Crippen molar-refractivity contribution in [1.29, 1.82) is 0 Å². The normalized spacial score (nSPS) is 16.8. The molecule has 23 heavy (non-hydrogen) atoms. The summed E-state index contributed by atoms with van der Waals surface area (Å²) in [6.45, 7) is 7.08. The fraction of sp³-hybridized carbons (Fsp3) is 0.588. The van der Waals surface area contributed by atoms with E-state index in [-0.39, 0.29) is 12.5 Å². The molecule has 1 saturated heterocycles. The molecule has 2 rings (SSSR count). The number of aliphatic hydroxyl groups excluding tert-OH is 1. The molecule has 128 valence electrons. The van der Waals surface area contributed by atoms with E-state index in [1.54, 1.807) is 25.1 Å². The molecule has 1 aromatic carbocycles. The number of amides is 1. The largest absolute Gasteiger partial charge is 0.494 e. The van der Waals surface area contributed by atoms with Gasteiger partial charge in [-0.3, -0.25) is 9.69 Å². The topological polar surface area (TPSA) is 71.0 Å². The van der Waals surface area contributed by atoms with Gasteiger partial charge in [-0.05, 0) is 31.5 Å².